The number of carbonyl (C=O) groups excluding carboxylic acids is 2. The van der Waals surface area contributed by atoms with Gasteiger partial charge >= 0.3 is 5.97 Å². The second kappa shape index (κ2) is 9.64. The Balaban J connectivity index is 1.69. The van der Waals surface area contributed by atoms with E-state index in [1.165, 1.54) is 17.7 Å². The van der Waals surface area contributed by atoms with Crippen LogP contribution in [-0.4, -0.2) is 23.3 Å². The third kappa shape index (κ3) is 5.11. The van der Waals surface area contributed by atoms with Crippen LogP contribution in [0, 0.1) is 13.8 Å². The van der Waals surface area contributed by atoms with Crippen molar-refractivity contribution in [3.05, 3.63) is 97.4 Å². The zero-order chi connectivity index (χ0) is 23.7. The number of aryl methyl sites for hydroxylation is 2. The minimum absolute atomic E-state index is 0.207. The number of fused-ring (bicyclic) bond motifs is 1. The molecule has 0 spiro atoms. The van der Waals surface area contributed by atoms with Crippen LogP contribution in [0.4, 0.5) is 0 Å². The van der Waals surface area contributed by atoms with Gasteiger partial charge in [0, 0.05) is 26.0 Å². The SMILES string of the molecule is Cc1ccc(-c2cc(C(=O)OCC(=O)c3ccc(Cl)cc3Cl)c3cc(Br)ccc3n2)cc1C. The van der Waals surface area contributed by atoms with Crippen LogP contribution in [0.1, 0.15) is 31.8 Å². The van der Waals surface area contributed by atoms with Gasteiger partial charge < -0.3 is 4.74 Å². The molecule has 0 atom stereocenters. The maximum atomic E-state index is 13.1. The fourth-order valence-corrected chi connectivity index (χ4v) is 4.29. The number of hydrogen-bond donors (Lipinski definition) is 0. The molecular weight excluding hydrogens is 525 g/mol. The molecule has 0 aliphatic carbocycles. The van der Waals surface area contributed by atoms with Crippen LogP contribution in [0.5, 0.6) is 0 Å². The molecule has 0 aliphatic rings. The van der Waals surface area contributed by atoms with Gasteiger partial charge in [0.15, 0.2) is 6.61 Å². The highest BCUT2D eigenvalue weighted by Crippen LogP contribution is 2.29. The third-order valence-electron chi connectivity index (χ3n) is 5.36. The Morgan fingerprint density at radius 2 is 1.70 bits per heavy atom. The molecule has 4 aromatic rings. The summed E-state index contributed by atoms with van der Waals surface area (Å²) in [6, 6.07) is 17.8. The number of carbonyl (C=O) groups is 2. The Kier molecular flexibility index (Phi) is 6.84. The van der Waals surface area contributed by atoms with Gasteiger partial charge in [-0.15, -0.1) is 0 Å². The molecule has 0 radical (unpaired) electrons. The van der Waals surface area contributed by atoms with Gasteiger partial charge in [-0.3, -0.25) is 4.79 Å². The van der Waals surface area contributed by atoms with Crippen LogP contribution in [0.3, 0.4) is 0 Å². The number of Topliss-reactive ketones (excluding diaryl/α,β-unsaturated/α-hetero) is 1. The number of esters is 1. The van der Waals surface area contributed by atoms with E-state index >= 15 is 0 Å². The average Bonchev–Trinajstić information content (AvgIpc) is 2.78. The van der Waals surface area contributed by atoms with E-state index in [9.17, 15) is 9.59 Å². The van der Waals surface area contributed by atoms with Crippen molar-refractivity contribution in [2.45, 2.75) is 13.8 Å². The van der Waals surface area contributed by atoms with E-state index in [0.717, 1.165) is 15.6 Å². The first-order valence-electron chi connectivity index (χ1n) is 10.1. The first-order chi connectivity index (χ1) is 15.7. The van der Waals surface area contributed by atoms with E-state index in [0.29, 0.717) is 27.2 Å². The lowest BCUT2D eigenvalue weighted by Crippen LogP contribution is -2.15. The topological polar surface area (TPSA) is 56.3 Å². The second-order valence-corrected chi connectivity index (χ2v) is 9.40. The number of pyridine rings is 1. The fraction of sp³-hybridized carbons (Fsp3) is 0.115. The number of halogens is 3. The van der Waals surface area contributed by atoms with Crippen LogP contribution < -0.4 is 0 Å². The maximum Gasteiger partial charge on any atom is 0.339 e. The van der Waals surface area contributed by atoms with Gasteiger partial charge in [0.05, 0.1) is 21.8 Å². The van der Waals surface area contributed by atoms with Crippen LogP contribution in [0.15, 0.2) is 65.1 Å². The summed E-state index contributed by atoms with van der Waals surface area (Å²) in [7, 11) is 0. The van der Waals surface area contributed by atoms with Gasteiger partial charge in [-0.25, -0.2) is 9.78 Å². The van der Waals surface area contributed by atoms with Crippen LogP contribution >= 0.6 is 39.1 Å². The number of nitrogens with zero attached hydrogens (tertiary/aromatic N) is 1. The van der Waals surface area contributed by atoms with Gasteiger partial charge in [-0.2, -0.15) is 0 Å². The third-order valence-corrected chi connectivity index (χ3v) is 6.40. The van der Waals surface area contributed by atoms with E-state index in [4.69, 9.17) is 32.9 Å². The molecule has 1 heterocycles. The average molecular weight is 543 g/mol. The van der Waals surface area contributed by atoms with E-state index in [1.807, 2.05) is 44.2 Å². The molecule has 0 unspecified atom stereocenters. The summed E-state index contributed by atoms with van der Waals surface area (Å²) in [5, 5.41) is 1.25. The predicted molar refractivity (Wildman–Crippen MR) is 135 cm³/mol. The predicted octanol–water partition coefficient (Wildman–Crippen LogP) is 7.63. The maximum absolute atomic E-state index is 13.1. The van der Waals surface area contributed by atoms with E-state index in [-0.39, 0.29) is 10.6 Å². The van der Waals surface area contributed by atoms with E-state index in [2.05, 4.69) is 15.9 Å². The van der Waals surface area contributed by atoms with Crippen molar-refractivity contribution in [1.29, 1.82) is 0 Å². The standard InChI is InChI=1S/C26H18BrCl2NO3/c1-14-3-4-16(9-15(14)2)24-12-21(20-10-17(27)5-8-23(20)30-24)26(32)33-13-25(31)19-7-6-18(28)11-22(19)29/h3-12H,13H2,1-2H3. The lowest BCUT2D eigenvalue weighted by Gasteiger charge is -2.12. The molecule has 166 valence electrons. The molecule has 33 heavy (non-hydrogen) atoms. The summed E-state index contributed by atoms with van der Waals surface area (Å²) in [5.74, 6) is -1.04. The number of ether oxygens (including phenoxy) is 1. The van der Waals surface area contributed by atoms with Gasteiger partial charge in [-0.1, -0.05) is 51.3 Å². The highest BCUT2D eigenvalue weighted by atomic mass is 79.9. The summed E-state index contributed by atoms with van der Waals surface area (Å²) in [5.41, 5.74) is 5.04. The van der Waals surface area contributed by atoms with E-state index in [1.54, 1.807) is 18.2 Å². The highest BCUT2D eigenvalue weighted by Gasteiger charge is 2.19. The number of aromatic nitrogens is 1. The Morgan fingerprint density at radius 3 is 2.42 bits per heavy atom. The summed E-state index contributed by atoms with van der Waals surface area (Å²) in [6.07, 6.45) is 0. The van der Waals surface area contributed by atoms with Gasteiger partial charge in [0.2, 0.25) is 5.78 Å². The number of ketones is 1. The van der Waals surface area contributed by atoms with Crippen molar-refractivity contribution in [2.24, 2.45) is 0 Å². The molecule has 0 saturated heterocycles. The fourth-order valence-electron chi connectivity index (χ4n) is 3.42. The van der Waals surface area contributed by atoms with Crippen LogP contribution in [-0.2, 0) is 4.74 Å². The molecule has 7 heteroatoms. The molecule has 0 fully saturated rings. The zero-order valence-electron chi connectivity index (χ0n) is 17.8. The Labute approximate surface area is 209 Å². The minimum Gasteiger partial charge on any atom is -0.454 e. The van der Waals surface area contributed by atoms with Crippen molar-refractivity contribution in [3.63, 3.8) is 0 Å². The highest BCUT2D eigenvalue weighted by molar-refractivity contribution is 9.10. The first-order valence-corrected chi connectivity index (χ1v) is 11.6. The first kappa shape index (κ1) is 23.4. The molecular formula is C26H18BrCl2NO3. The Morgan fingerprint density at radius 1 is 0.909 bits per heavy atom. The van der Waals surface area contributed by atoms with Gasteiger partial charge in [0.1, 0.15) is 0 Å². The molecule has 0 aliphatic heterocycles. The van der Waals surface area contributed by atoms with Crippen molar-refractivity contribution in [3.8, 4) is 11.3 Å². The molecule has 4 nitrogen and oxygen atoms in total. The second-order valence-electron chi connectivity index (χ2n) is 7.64. The number of hydrogen-bond acceptors (Lipinski definition) is 4. The zero-order valence-corrected chi connectivity index (χ0v) is 20.9. The van der Waals surface area contributed by atoms with Crippen LogP contribution in [0.25, 0.3) is 22.2 Å². The molecule has 0 amide bonds. The van der Waals surface area contributed by atoms with E-state index < -0.39 is 18.4 Å². The van der Waals surface area contributed by atoms with Crippen molar-refractivity contribution in [1.82, 2.24) is 4.98 Å². The van der Waals surface area contributed by atoms with Crippen LogP contribution in [0.2, 0.25) is 10.0 Å². The smallest absolute Gasteiger partial charge is 0.339 e. The summed E-state index contributed by atoms with van der Waals surface area (Å²) < 4.78 is 6.19. The normalized spacial score (nSPS) is 10.9. The Bertz CT molecular complexity index is 1420. The van der Waals surface area contributed by atoms with Crippen molar-refractivity contribution >= 4 is 61.8 Å². The lowest BCUT2D eigenvalue weighted by atomic mass is 10.0. The number of rotatable bonds is 5. The van der Waals surface area contributed by atoms with Gasteiger partial charge in [-0.05, 0) is 73.5 Å². The molecule has 0 N–H and O–H groups in total. The van der Waals surface area contributed by atoms with Crippen molar-refractivity contribution in [2.75, 3.05) is 6.61 Å². The lowest BCUT2D eigenvalue weighted by molar-refractivity contribution is 0.0476. The van der Waals surface area contributed by atoms with Crippen molar-refractivity contribution < 1.29 is 14.3 Å². The molecule has 0 saturated carbocycles. The Hall–Kier alpha value is -2.73. The monoisotopic (exact) mass is 541 g/mol. The number of benzene rings is 3. The molecule has 0 bridgehead atoms. The molecule has 1 aromatic heterocycles. The summed E-state index contributed by atoms with van der Waals surface area (Å²) >= 11 is 15.4. The quantitative estimate of drug-likeness (QED) is 0.192. The molecule has 3 aromatic carbocycles. The van der Waals surface area contributed by atoms with Gasteiger partial charge in [0.25, 0.3) is 0 Å². The molecule has 4 rings (SSSR count). The minimum atomic E-state index is -0.621. The summed E-state index contributed by atoms with van der Waals surface area (Å²) in [6.45, 7) is 3.62. The summed E-state index contributed by atoms with van der Waals surface area (Å²) in [4.78, 5) is 30.4. The largest absolute Gasteiger partial charge is 0.454 e.